The van der Waals surface area contributed by atoms with Gasteiger partial charge in [-0.05, 0) is 48.2 Å². The molecule has 0 aliphatic heterocycles. The topological polar surface area (TPSA) is 43.4 Å². The van der Waals surface area contributed by atoms with E-state index in [0.717, 1.165) is 18.4 Å². The maximum absolute atomic E-state index is 13.0. The van der Waals surface area contributed by atoms with Gasteiger partial charge >= 0.3 is 5.97 Å². The number of fused-ring (bicyclic) bond motifs is 5. The molecule has 0 spiro atoms. The zero-order valence-electron chi connectivity index (χ0n) is 14.8. The lowest BCUT2D eigenvalue weighted by Crippen LogP contribution is -2.58. The summed E-state index contributed by atoms with van der Waals surface area (Å²) in [6, 6.07) is 0. The van der Waals surface area contributed by atoms with Crippen LogP contribution in [0.5, 0.6) is 0 Å². The van der Waals surface area contributed by atoms with Crippen LogP contribution in [0.4, 0.5) is 0 Å². The van der Waals surface area contributed by atoms with E-state index in [1.165, 1.54) is 12.5 Å². The van der Waals surface area contributed by atoms with Crippen molar-refractivity contribution in [2.75, 3.05) is 0 Å². The fraction of sp³-hybridized carbons (Fsp3) is 0.545. The second-order valence-electron chi connectivity index (χ2n) is 7.99. The Balaban J connectivity index is 1.83. The van der Waals surface area contributed by atoms with E-state index in [1.54, 1.807) is 0 Å². The number of ketones is 1. The number of ether oxygens (including phenoxy) is 1. The Morgan fingerprint density at radius 3 is 2.96 bits per heavy atom. The van der Waals surface area contributed by atoms with Gasteiger partial charge in [-0.25, -0.2) is 0 Å². The van der Waals surface area contributed by atoms with Gasteiger partial charge in [0.15, 0.2) is 5.60 Å². The Kier molecular flexibility index (Phi) is 3.76. The van der Waals surface area contributed by atoms with Crippen LogP contribution in [-0.4, -0.2) is 17.4 Å². The molecule has 25 heavy (non-hydrogen) atoms. The first-order valence-electron chi connectivity index (χ1n) is 9.27. The second kappa shape index (κ2) is 5.73. The third-order valence-electron chi connectivity index (χ3n) is 6.62. The summed E-state index contributed by atoms with van der Waals surface area (Å²) < 4.78 is 5.80. The monoisotopic (exact) mass is 336 g/mol. The number of Topliss-reactive ketones (excluding diaryl/α,β-unsaturated/α-hetero) is 1. The smallest absolute Gasteiger partial charge is 0.304 e. The zero-order chi connectivity index (χ0) is 17.8. The Morgan fingerprint density at radius 1 is 1.44 bits per heavy atom. The molecule has 0 heterocycles. The highest BCUT2D eigenvalue weighted by atomic mass is 16.6. The van der Waals surface area contributed by atoms with Crippen molar-refractivity contribution < 1.29 is 14.3 Å². The van der Waals surface area contributed by atoms with Crippen LogP contribution in [0.25, 0.3) is 0 Å². The highest BCUT2D eigenvalue weighted by Crippen LogP contribution is 2.57. The molecule has 4 rings (SSSR count). The fourth-order valence-electron chi connectivity index (χ4n) is 5.88. The van der Waals surface area contributed by atoms with Crippen LogP contribution >= 0.6 is 0 Å². The third kappa shape index (κ3) is 2.34. The molecule has 0 saturated heterocycles. The lowest BCUT2D eigenvalue weighted by molar-refractivity contribution is -0.173. The molecule has 6 atom stereocenters. The molecular formula is C22H24O3. The predicted octanol–water partition coefficient (Wildman–Crippen LogP) is 3.62. The van der Waals surface area contributed by atoms with Crippen LogP contribution in [0.1, 0.15) is 39.5 Å². The van der Waals surface area contributed by atoms with Gasteiger partial charge in [0, 0.05) is 25.2 Å². The Hall–Kier alpha value is -2.08. The van der Waals surface area contributed by atoms with Gasteiger partial charge in [0.2, 0.25) is 0 Å². The van der Waals surface area contributed by atoms with E-state index >= 15 is 0 Å². The molecule has 3 heteroatoms. The molecule has 0 aromatic carbocycles. The first-order chi connectivity index (χ1) is 12.0. The summed E-state index contributed by atoms with van der Waals surface area (Å²) in [6.07, 6.45) is 17.5. The maximum atomic E-state index is 13.0. The molecule has 0 radical (unpaired) electrons. The number of esters is 1. The SMILES string of the molecule is C#C[C@@]1(OC(C)=O)CCCC2CC(=O)C3C4=CC=CC4=C[C@H](C)[C@@H]3C21. The number of carbonyl (C=O) groups excluding carboxylic acids is 2. The quantitative estimate of drug-likeness (QED) is 0.543. The van der Waals surface area contributed by atoms with Gasteiger partial charge in [-0.1, -0.05) is 37.1 Å². The van der Waals surface area contributed by atoms with E-state index in [1.807, 2.05) is 6.08 Å². The van der Waals surface area contributed by atoms with Crippen molar-refractivity contribution in [2.45, 2.75) is 45.1 Å². The van der Waals surface area contributed by atoms with E-state index in [4.69, 9.17) is 11.2 Å². The molecule has 0 amide bonds. The van der Waals surface area contributed by atoms with Crippen LogP contribution in [-0.2, 0) is 14.3 Å². The summed E-state index contributed by atoms with van der Waals surface area (Å²) in [4.78, 5) is 24.9. The highest BCUT2D eigenvalue weighted by molar-refractivity contribution is 5.88. The van der Waals surface area contributed by atoms with Gasteiger partial charge in [0.05, 0.1) is 0 Å². The van der Waals surface area contributed by atoms with Crippen molar-refractivity contribution in [2.24, 2.45) is 29.6 Å². The first-order valence-corrected chi connectivity index (χ1v) is 9.27. The van der Waals surface area contributed by atoms with E-state index in [-0.39, 0.29) is 35.6 Å². The minimum Gasteiger partial charge on any atom is -0.446 e. The molecule has 0 bridgehead atoms. The van der Waals surface area contributed by atoms with Gasteiger partial charge in [-0.3, -0.25) is 9.59 Å². The van der Waals surface area contributed by atoms with Gasteiger partial charge in [0.1, 0.15) is 5.78 Å². The van der Waals surface area contributed by atoms with E-state index in [2.05, 4.69) is 31.1 Å². The summed E-state index contributed by atoms with van der Waals surface area (Å²) in [5.41, 5.74) is 1.44. The molecule has 0 aromatic rings. The van der Waals surface area contributed by atoms with Gasteiger partial charge < -0.3 is 4.74 Å². The number of rotatable bonds is 1. The van der Waals surface area contributed by atoms with Crippen LogP contribution in [0.2, 0.25) is 0 Å². The lowest BCUT2D eigenvalue weighted by atomic mass is 9.50. The van der Waals surface area contributed by atoms with Crippen molar-refractivity contribution in [3.63, 3.8) is 0 Å². The molecule has 3 nitrogen and oxygen atoms in total. The molecule has 3 unspecified atom stereocenters. The number of terminal acetylenes is 1. The normalized spacial score (nSPS) is 41.6. The van der Waals surface area contributed by atoms with Gasteiger partial charge in [-0.15, -0.1) is 6.42 Å². The first kappa shape index (κ1) is 16.4. The van der Waals surface area contributed by atoms with Crippen molar-refractivity contribution in [1.82, 2.24) is 0 Å². The number of hydrogen-bond donors (Lipinski definition) is 0. The molecule has 0 aromatic heterocycles. The summed E-state index contributed by atoms with van der Waals surface area (Å²) >= 11 is 0. The number of hydrogen-bond acceptors (Lipinski definition) is 3. The minimum absolute atomic E-state index is 0.0483. The van der Waals surface area contributed by atoms with Crippen LogP contribution in [0.3, 0.4) is 0 Å². The maximum Gasteiger partial charge on any atom is 0.304 e. The molecular weight excluding hydrogens is 312 g/mol. The predicted molar refractivity (Wildman–Crippen MR) is 95.2 cm³/mol. The van der Waals surface area contributed by atoms with Crippen LogP contribution in [0.15, 0.2) is 35.5 Å². The number of carbonyl (C=O) groups is 2. The summed E-state index contributed by atoms with van der Waals surface area (Å²) in [5, 5.41) is 0. The average molecular weight is 336 g/mol. The third-order valence-corrected chi connectivity index (χ3v) is 6.62. The summed E-state index contributed by atoms with van der Waals surface area (Å²) in [5.74, 6) is 3.35. The fourth-order valence-corrected chi connectivity index (χ4v) is 5.88. The molecule has 0 N–H and O–H groups in total. The van der Waals surface area contributed by atoms with Crippen molar-refractivity contribution in [3.05, 3.63) is 35.5 Å². The molecule has 2 saturated carbocycles. The number of allylic oxidation sites excluding steroid dienone is 6. The largest absolute Gasteiger partial charge is 0.446 e. The van der Waals surface area contributed by atoms with Gasteiger partial charge in [0.25, 0.3) is 0 Å². The molecule has 2 fully saturated rings. The lowest BCUT2D eigenvalue weighted by Gasteiger charge is -2.55. The molecule has 4 aliphatic rings. The minimum atomic E-state index is -0.870. The molecule has 130 valence electrons. The molecule has 4 aliphatic carbocycles. The Morgan fingerprint density at radius 2 is 2.24 bits per heavy atom. The van der Waals surface area contributed by atoms with E-state index < -0.39 is 5.60 Å². The second-order valence-corrected chi connectivity index (χ2v) is 7.99. The van der Waals surface area contributed by atoms with Crippen molar-refractivity contribution >= 4 is 11.8 Å². The standard InChI is InChI=1S/C22H24O3/c1-4-22(25-14(3)23)10-6-8-16-12-18(24)20-17-9-5-7-15(17)11-13(2)19(20)21(16)22/h1,5,7,9,11,13,16,19-21H,6,8,10,12H2,2-3H3/t13-,16?,19-,20?,21?,22+/m0/s1. The van der Waals surface area contributed by atoms with E-state index in [9.17, 15) is 9.59 Å². The highest BCUT2D eigenvalue weighted by Gasteiger charge is 2.59. The average Bonchev–Trinajstić information content (AvgIpc) is 3.01. The van der Waals surface area contributed by atoms with E-state index in [0.29, 0.717) is 18.6 Å². The van der Waals surface area contributed by atoms with Gasteiger partial charge in [-0.2, -0.15) is 0 Å². The summed E-state index contributed by atoms with van der Waals surface area (Å²) in [6.45, 7) is 3.60. The van der Waals surface area contributed by atoms with Crippen molar-refractivity contribution in [3.8, 4) is 12.3 Å². The Bertz CT molecular complexity index is 763. The van der Waals surface area contributed by atoms with Crippen LogP contribution in [0, 0.1) is 41.9 Å². The van der Waals surface area contributed by atoms with Crippen LogP contribution < -0.4 is 0 Å². The Labute approximate surface area is 149 Å². The zero-order valence-corrected chi connectivity index (χ0v) is 14.8. The summed E-state index contributed by atoms with van der Waals surface area (Å²) in [7, 11) is 0. The van der Waals surface area contributed by atoms with Crippen molar-refractivity contribution in [1.29, 1.82) is 0 Å².